The molecule has 0 spiro atoms. The molecular weight excluding hydrogens is 253 g/mol. The van der Waals surface area contributed by atoms with E-state index >= 15 is 0 Å². The number of nitrogens with one attached hydrogen (secondary N) is 1. The Labute approximate surface area is 103 Å². The summed E-state index contributed by atoms with van der Waals surface area (Å²) in [5, 5.41) is 2.90. The normalized spacial score (nSPS) is 13.8. The topological polar surface area (TPSA) is 24.9 Å². The van der Waals surface area contributed by atoms with E-state index in [2.05, 4.69) is 10.3 Å². The summed E-state index contributed by atoms with van der Waals surface area (Å²) < 4.78 is 37.3. The smallest absolute Gasteiger partial charge is 0.366 e. The third-order valence-corrected chi connectivity index (χ3v) is 2.68. The first-order valence-corrected chi connectivity index (χ1v) is 5.74. The zero-order chi connectivity index (χ0) is 13.1. The lowest BCUT2D eigenvalue weighted by molar-refractivity contribution is -0.141. The molecule has 0 aromatic carbocycles. The first-order valence-electron chi connectivity index (χ1n) is 5.21. The Morgan fingerprint density at radius 1 is 1.35 bits per heavy atom. The Morgan fingerprint density at radius 3 is 2.47 bits per heavy atom. The van der Waals surface area contributed by atoms with Crippen molar-refractivity contribution in [2.75, 3.05) is 11.2 Å². The SMILES string of the molecule is CC(C)C(CCl)Nc1cccc(C(F)(F)F)n1. The van der Waals surface area contributed by atoms with Crippen LogP contribution in [0.1, 0.15) is 19.5 Å². The Hall–Kier alpha value is -0.970. The molecule has 1 unspecified atom stereocenters. The highest BCUT2D eigenvalue weighted by atomic mass is 35.5. The number of pyridine rings is 1. The van der Waals surface area contributed by atoms with Gasteiger partial charge in [-0.1, -0.05) is 19.9 Å². The molecule has 0 saturated heterocycles. The molecule has 1 aromatic rings. The average molecular weight is 267 g/mol. The van der Waals surface area contributed by atoms with Crippen LogP contribution < -0.4 is 5.32 Å². The van der Waals surface area contributed by atoms with Crippen LogP contribution in [0.3, 0.4) is 0 Å². The minimum Gasteiger partial charge on any atom is -0.366 e. The quantitative estimate of drug-likeness (QED) is 0.839. The standard InChI is InChI=1S/C11H14ClF3N2/c1-7(2)8(6-12)16-10-5-3-4-9(17-10)11(13,14)15/h3-5,7-8H,6H2,1-2H3,(H,16,17). The Morgan fingerprint density at radius 2 is 2.00 bits per heavy atom. The lowest BCUT2D eigenvalue weighted by Crippen LogP contribution is -2.28. The van der Waals surface area contributed by atoms with E-state index in [4.69, 9.17) is 11.6 Å². The fourth-order valence-electron chi connectivity index (χ4n) is 1.25. The molecule has 0 fully saturated rings. The van der Waals surface area contributed by atoms with E-state index < -0.39 is 11.9 Å². The number of aromatic nitrogens is 1. The minimum absolute atomic E-state index is 0.104. The van der Waals surface area contributed by atoms with E-state index in [9.17, 15) is 13.2 Å². The first-order chi connectivity index (χ1) is 7.84. The number of halogens is 4. The summed E-state index contributed by atoms with van der Waals surface area (Å²) in [5.74, 6) is 0.721. The van der Waals surface area contributed by atoms with Crippen molar-refractivity contribution >= 4 is 17.4 Å². The van der Waals surface area contributed by atoms with Gasteiger partial charge in [0.1, 0.15) is 11.5 Å². The molecule has 0 saturated carbocycles. The van der Waals surface area contributed by atoms with E-state index in [0.717, 1.165) is 6.07 Å². The summed E-state index contributed by atoms with van der Waals surface area (Å²) in [5.41, 5.74) is -0.903. The molecule has 1 N–H and O–H groups in total. The summed E-state index contributed by atoms with van der Waals surface area (Å²) in [6, 6.07) is 3.66. The molecule has 0 aliphatic carbocycles. The van der Waals surface area contributed by atoms with Crippen LogP contribution in [0, 0.1) is 5.92 Å². The number of hydrogen-bond acceptors (Lipinski definition) is 2. The fourth-order valence-corrected chi connectivity index (χ4v) is 1.68. The predicted molar refractivity (Wildman–Crippen MR) is 62.2 cm³/mol. The Bertz CT molecular complexity index is 366. The summed E-state index contributed by atoms with van der Waals surface area (Å²) in [4.78, 5) is 3.52. The van der Waals surface area contributed by atoms with Gasteiger partial charge in [0.15, 0.2) is 0 Å². The highest BCUT2D eigenvalue weighted by Crippen LogP contribution is 2.28. The van der Waals surface area contributed by atoms with Crippen molar-refractivity contribution in [1.29, 1.82) is 0 Å². The first kappa shape index (κ1) is 14.1. The molecule has 96 valence electrons. The van der Waals surface area contributed by atoms with Gasteiger partial charge in [0.2, 0.25) is 0 Å². The second-order valence-electron chi connectivity index (χ2n) is 4.05. The number of rotatable bonds is 4. The summed E-state index contributed by atoms with van der Waals surface area (Å²) in [7, 11) is 0. The molecular formula is C11H14ClF3N2. The summed E-state index contributed by atoms with van der Waals surface area (Å²) >= 11 is 5.73. The van der Waals surface area contributed by atoms with Gasteiger partial charge in [-0.05, 0) is 18.1 Å². The molecule has 0 amide bonds. The van der Waals surface area contributed by atoms with E-state index in [-0.39, 0.29) is 17.8 Å². The van der Waals surface area contributed by atoms with E-state index in [1.165, 1.54) is 12.1 Å². The van der Waals surface area contributed by atoms with Gasteiger partial charge in [0.05, 0.1) is 0 Å². The van der Waals surface area contributed by atoms with Gasteiger partial charge in [-0.15, -0.1) is 11.6 Å². The number of anilines is 1. The third-order valence-electron chi connectivity index (χ3n) is 2.34. The average Bonchev–Trinajstić information content (AvgIpc) is 2.24. The monoisotopic (exact) mass is 266 g/mol. The van der Waals surface area contributed by atoms with Gasteiger partial charge in [0.25, 0.3) is 0 Å². The van der Waals surface area contributed by atoms with Crippen LogP contribution >= 0.6 is 11.6 Å². The Balaban J connectivity index is 2.85. The molecule has 0 radical (unpaired) electrons. The predicted octanol–water partition coefficient (Wildman–Crippen LogP) is 3.78. The van der Waals surface area contributed by atoms with Crippen LogP contribution in [-0.2, 0) is 6.18 Å². The van der Waals surface area contributed by atoms with E-state index in [1.807, 2.05) is 13.8 Å². The maximum absolute atomic E-state index is 12.4. The molecule has 17 heavy (non-hydrogen) atoms. The largest absolute Gasteiger partial charge is 0.433 e. The van der Waals surface area contributed by atoms with Crippen molar-refractivity contribution in [3.05, 3.63) is 23.9 Å². The molecule has 0 bridgehead atoms. The second-order valence-corrected chi connectivity index (χ2v) is 4.36. The zero-order valence-corrected chi connectivity index (χ0v) is 10.3. The Kier molecular flexibility index (Phi) is 4.62. The molecule has 1 atom stereocenters. The van der Waals surface area contributed by atoms with Crippen molar-refractivity contribution in [3.63, 3.8) is 0 Å². The van der Waals surface area contributed by atoms with Crippen molar-refractivity contribution in [2.45, 2.75) is 26.1 Å². The lowest BCUT2D eigenvalue weighted by Gasteiger charge is -2.20. The van der Waals surface area contributed by atoms with E-state index in [0.29, 0.717) is 5.88 Å². The van der Waals surface area contributed by atoms with Gasteiger partial charge < -0.3 is 5.32 Å². The van der Waals surface area contributed by atoms with Gasteiger partial charge in [-0.2, -0.15) is 13.2 Å². The molecule has 1 heterocycles. The summed E-state index contributed by atoms with van der Waals surface area (Å²) in [6.45, 7) is 3.88. The van der Waals surface area contributed by atoms with Gasteiger partial charge in [-0.3, -0.25) is 0 Å². The maximum Gasteiger partial charge on any atom is 0.433 e. The lowest BCUT2D eigenvalue weighted by atomic mass is 10.1. The second kappa shape index (κ2) is 5.58. The van der Waals surface area contributed by atoms with Gasteiger partial charge in [-0.25, -0.2) is 4.98 Å². The van der Waals surface area contributed by atoms with Crippen LogP contribution in [-0.4, -0.2) is 16.9 Å². The molecule has 2 nitrogen and oxygen atoms in total. The number of alkyl halides is 4. The fraction of sp³-hybridized carbons (Fsp3) is 0.545. The van der Waals surface area contributed by atoms with Crippen molar-refractivity contribution in [1.82, 2.24) is 4.98 Å². The van der Waals surface area contributed by atoms with Crippen LogP contribution in [0.25, 0.3) is 0 Å². The van der Waals surface area contributed by atoms with Crippen LogP contribution in [0.15, 0.2) is 18.2 Å². The molecule has 0 aliphatic rings. The molecule has 1 rings (SSSR count). The molecule has 6 heteroatoms. The molecule has 0 aliphatic heterocycles. The van der Waals surface area contributed by atoms with Gasteiger partial charge in [0, 0.05) is 11.9 Å². The van der Waals surface area contributed by atoms with Crippen molar-refractivity contribution in [2.24, 2.45) is 5.92 Å². The van der Waals surface area contributed by atoms with E-state index in [1.54, 1.807) is 0 Å². The van der Waals surface area contributed by atoms with Crippen LogP contribution in [0.5, 0.6) is 0 Å². The van der Waals surface area contributed by atoms with Crippen LogP contribution in [0.2, 0.25) is 0 Å². The van der Waals surface area contributed by atoms with Gasteiger partial charge >= 0.3 is 6.18 Å². The third kappa shape index (κ3) is 4.07. The van der Waals surface area contributed by atoms with Crippen LogP contribution in [0.4, 0.5) is 19.0 Å². The highest BCUT2D eigenvalue weighted by molar-refractivity contribution is 6.18. The zero-order valence-electron chi connectivity index (χ0n) is 9.55. The maximum atomic E-state index is 12.4. The van der Waals surface area contributed by atoms with Crippen molar-refractivity contribution in [3.8, 4) is 0 Å². The summed E-state index contributed by atoms with van der Waals surface area (Å²) in [6.07, 6.45) is -4.42. The highest BCUT2D eigenvalue weighted by Gasteiger charge is 2.32. The minimum atomic E-state index is -4.42. The molecule has 1 aromatic heterocycles. The van der Waals surface area contributed by atoms with Crippen molar-refractivity contribution < 1.29 is 13.2 Å². The number of nitrogens with zero attached hydrogens (tertiary/aromatic N) is 1. The number of hydrogen-bond donors (Lipinski definition) is 1.